The van der Waals surface area contributed by atoms with Crippen LogP contribution in [0.3, 0.4) is 0 Å². The number of nitrogens with zero attached hydrogens (tertiary/aromatic N) is 2. The maximum Gasteiger partial charge on any atom is 0.271 e. The number of anilines is 1. The summed E-state index contributed by atoms with van der Waals surface area (Å²) in [6, 6.07) is 7.48. The van der Waals surface area contributed by atoms with Crippen molar-refractivity contribution < 1.29 is 13.3 Å². The zero-order valence-corrected chi connectivity index (χ0v) is 15.6. The standard InChI is InChI=1S/C15H11Cl3N2O4S/c1-2-7-19(14-9-11(20(21)22)4-6-12(14)17)25(23,24)15-8-10(16)3-5-13(15)18/h2-6,8-9H,1,7H2. The average Bonchev–Trinajstić information content (AvgIpc) is 2.55. The van der Waals surface area contributed by atoms with E-state index in [-0.39, 0.29) is 37.9 Å². The Morgan fingerprint density at radius 3 is 2.36 bits per heavy atom. The van der Waals surface area contributed by atoms with Gasteiger partial charge in [0.1, 0.15) is 4.90 Å². The SMILES string of the molecule is C=CCN(c1cc([N+](=O)[O-])ccc1Cl)S(=O)(=O)c1cc(Cl)ccc1Cl. The van der Waals surface area contributed by atoms with Gasteiger partial charge in [0.2, 0.25) is 0 Å². The van der Waals surface area contributed by atoms with Gasteiger partial charge in [0.25, 0.3) is 15.7 Å². The van der Waals surface area contributed by atoms with Crippen molar-refractivity contribution in [3.8, 4) is 0 Å². The van der Waals surface area contributed by atoms with Crippen LogP contribution in [0.4, 0.5) is 11.4 Å². The summed E-state index contributed by atoms with van der Waals surface area (Å²) in [7, 11) is -4.20. The summed E-state index contributed by atoms with van der Waals surface area (Å²) in [4.78, 5) is 10.1. The van der Waals surface area contributed by atoms with Gasteiger partial charge in [-0.3, -0.25) is 14.4 Å². The molecule has 0 saturated carbocycles. The van der Waals surface area contributed by atoms with Crippen LogP contribution in [0.5, 0.6) is 0 Å². The zero-order chi connectivity index (χ0) is 18.8. The van der Waals surface area contributed by atoms with Crippen LogP contribution in [0.1, 0.15) is 0 Å². The van der Waals surface area contributed by atoms with E-state index in [0.29, 0.717) is 0 Å². The summed E-state index contributed by atoms with van der Waals surface area (Å²) >= 11 is 17.9. The lowest BCUT2D eigenvalue weighted by atomic mass is 10.3. The predicted octanol–water partition coefficient (Wildman–Crippen LogP) is 4.94. The first-order chi connectivity index (χ1) is 11.7. The number of nitro benzene ring substituents is 1. The van der Waals surface area contributed by atoms with Crippen molar-refractivity contribution in [3.05, 3.63) is 74.2 Å². The highest BCUT2D eigenvalue weighted by Gasteiger charge is 2.29. The van der Waals surface area contributed by atoms with E-state index in [1.54, 1.807) is 0 Å². The molecule has 132 valence electrons. The first-order valence-electron chi connectivity index (χ1n) is 6.71. The molecule has 25 heavy (non-hydrogen) atoms. The van der Waals surface area contributed by atoms with Gasteiger partial charge in [-0.15, -0.1) is 6.58 Å². The molecular weight excluding hydrogens is 411 g/mol. The lowest BCUT2D eigenvalue weighted by Gasteiger charge is -2.24. The minimum atomic E-state index is -4.20. The summed E-state index contributed by atoms with van der Waals surface area (Å²) in [5, 5.41) is 11.2. The number of non-ortho nitro benzene ring substituents is 1. The molecule has 0 saturated heterocycles. The van der Waals surface area contributed by atoms with Crippen molar-refractivity contribution in [1.29, 1.82) is 0 Å². The molecule has 0 aliphatic carbocycles. The summed E-state index contributed by atoms with van der Waals surface area (Å²) < 4.78 is 27.0. The number of sulfonamides is 1. The molecule has 0 N–H and O–H groups in total. The second-order valence-corrected chi connectivity index (χ2v) is 7.87. The maximum atomic E-state index is 13.0. The highest BCUT2D eigenvalue weighted by molar-refractivity contribution is 7.93. The van der Waals surface area contributed by atoms with E-state index in [9.17, 15) is 18.5 Å². The Morgan fingerprint density at radius 2 is 1.76 bits per heavy atom. The Hall–Kier alpha value is -1.80. The van der Waals surface area contributed by atoms with Crippen LogP contribution in [-0.2, 0) is 10.0 Å². The number of hydrogen-bond donors (Lipinski definition) is 0. The monoisotopic (exact) mass is 420 g/mol. The summed E-state index contributed by atoms with van der Waals surface area (Å²) in [6.45, 7) is 3.34. The highest BCUT2D eigenvalue weighted by Crippen LogP contribution is 2.36. The third-order valence-electron chi connectivity index (χ3n) is 3.17. The largest absolute Gasteiger partial charge is 0.271 e. The average molecular weight is 422 g/mol. The molecule has 0 bridgehead atoms. The van der Waals surface area contributed by atoms with Crippen molar-refractivity contribution in [3.63, 3.8) is 0 Å². The number of rotatable bonds is 6. The summed E-state index contributed by atoms with van der Waals surface area (Å²) in [6.07, 6.45) is 1.32. The Balaban J connectivity index is 2.69. The fraction of sp³-hybridized carbons (Fsp3) is 0.0667. The van der Waals surface area contributed by atoms with Crippen LogP contribution >= 0.6 is 34.8 Å². The van der Waals surface area contributed by atoms with E-state index in [1.165, 1.54) is 36.4 Å². The van der Waals surface area contributed by atoms with E-state index in [1.807, 2.05) is 0 Å². The van der Waals surface area contributed by atoms with Crippen molar-refractivity contribution in [2.45, 2.75) is 4.90 Å². The van der Waals surface area contributed by atoms with E-state index >= 15 is 0 Å². The van der Waals surface area contributed by atoms with Crippen molar-refractivity contribution in [2.75, 3.05) is 10.8 Å². The molecule has 0 atom stereocenters. The molecule has 0 amide bonds. The number of hydrogen-bond acceptors (Lipinski definition) is 4. The normalized spacial score (nSPS) is 11.2. The van der Waals surface area contributed by atoms with Gasteiger partial charge in [0.15, 0.2) is 0 Å². The molecule has 2 rings (SSSR count). The van der Waals surface area contributed by atoms with E-state index < -0.39 is 14.9 Å². The second kappa shape index (κ2) is 7.61. The van der Waals surface area contributed by atoms with Crippen LogP contribution in [0.2, 0.25) is 15.1 Å². The molecule has 0 aromatic heterocycles. The second-order valence-electron chi connectivity index (χ2n) is 4.79. The molecule has 2 aromatic rings. The molecular formula is C15H11Cl3N2O4S. The molecule has 0 fully saturated rings. The van der Waals surface area contributed by atoms with Gasteiger partial charge in [-0.1, -0.05) is 40.9 Å². The lowest BCUT2D eigenvalue weighted by molar-refractivity contribution is -0.384. The Labute approximate surface area is 159 Å². The van der Waals surface area contributed by atoms with Gasteiger partial charge >= 0.3 is 0 Å². The van der Waals surface area contributed by atoms with Crippen LogP contribution in [0.15, 0.2) is 53.9 Å². The Kier molecular flexibility index (Phi) is 5.95. The quantitative estimate of drug-likeness (QED) is 0.376. The van der Waals surface area contributed by atoms with Gasteiger partial charge in [-0.05, 0) is 24.3 Å². The van der Waals surface area contributed by atoms with Crippen molar-refractivity contribution in [1.82, 2.24) is 0 Å². The molecule has 0 unspecified atom stereocenters. The van der Waals surface area contributed by atoms with Gasteiger partial charge in [-0.25, -0.2) is 8.42 Å². The van der Waals surface area contributed by atoms with Crippen LogP contribution in [-0.4, -0.2) is 19.9 Å². The van der Waals surface area contributed by atoms with Crippen LogP contribution in [0, 0.1) is 10.1 Å². The van der Waals surface area contributed by atoms with E-state index in [4.69, 9.17) is 34.8 Å². The third kappa shape index (κ3) is 4.07. The zero-order valence-electron chi connectivity index (χ0n) is 12.5. The number of nitro groups is 1. The molecule has 0 spiro atoms. The molecule has 10 heteroatoms. The molecule has 0 aliphatic heterocycles. The lowest BCUT2D eigenvalue weighted by Crippen LogP contribution is -2.31. The van der Waals surface area contributed by atoms with Gasteiger partial charge in [0.05, 0.1) is 27.2 Å². The Morgan fingerprint density at radius 1 is 1.12 bits per heavy atom. The fourth-order valence-electron chi connectivity index (χ4n) is 2.04. The summed E-state index contributed by atoms with van der Waals surface area (Å²) in [5.41, 5.74) is -0.368. The smallest absolute Gasteiger partial charge is 0.261 e. The first-order valence-corrected chi connectivity index (χ1v) is 9.28. The third-order valence-corrected chi connectivity index (χ3v) is 5.98. The van der Waals surface area contributed by atoms with Gasteiger partial charge in [0, 0.05) is 17.2 Å². The molecule has 0 heterocycles. The van der Waals surface area contributed by atoms with Crippen molar-refractivity contribution >= 4 is 56.2 Å². The Bertz CT molecular complexity index is 948. The fourth-order valence-corrected chi connectivity index (χ4v) is 4.50. The van der Waals surface area contributed by atoms with Crippen LogP contribution in [0.25, 0.3) is 0 Å². The summed E-state index contributed by atoms with van der Waals surface area (Å²) in [5.74, 6) is 0. The number of benzene rings is 2. The van der Waals surface area contributed by atoms with E-state index in [2.05, 4.69) is 6.58 Å². The predicted molar refractivity (Wildman–Crippen MR) is 99.3 cm³/mol. The maximum absolute atomic E-state index is 13.0. The highest BCUT2D eigenvalue weighted by atomic mass is 35.5. The molecule has 0 aliphatic rings. The minimum Gasteiger partial charge on any atom is -0.261 e. The minimum absolute atomic E-state index is 0.0224. The van der Waals surface area contributed by atoms with Gasteiger partial charge < -0.3 is 0 Å². The number of halogens is 3. The first kappa shape index (κ1) is 19.5. The van der Waals surface area contributed by atoms with Crippen molar-refractivity contribution in [2.24, 2.45) is 0 Å². The van der Waals surface area contributed by atoms with Gasteiger partial charge in [-0.2, -0.15) is 0 Å². The molecule has 2 aromatic carbocycles. The van der Waals surface area contributed by atoms with Crippen LogP contribution < -0.4 is 4.31 Å². The molecule has 0 radical (unpaired) electrons. The topological polar surface area (TPSA) is 80.5 Å². The van der Waals surface area contributed by atoms with E-state index in [0.717, 1.165) is 10.4 Å². The molecule has 6 nitrogen and oxygen atoms in total.